The highest BCUT2D eigenvalue weighted by Crippen LogP contribution is 2.40. The number of benzene rings is 1. The first kappa shape index (κ1) is 20.5. The van der Waals surface area contributed by atoms with Gasteiger partial charge in [0.15, 0.2) is 11.5 Å². The summed E-state index contributed by atoms with van der Waals surface area (Å²) in [6.07, 6.45) is 0.997. The van der Waals surface area contributed by atoms with Crippen LogP contribution in [0.15, 0.2) is 12.1 Å². The fraction of sp³-hybridized carbons (Fsp3) is 0.611. The topological polar surface area (TPSA) is 63.3 Å². The predicted octanol–water partition coefficient (Wildman–Crippen LogP) is 2.61. The molecule has 0 aromatic heterocycles. The number of anilines is 1. The van der Waals surface area contributed by atoms with Crippen molar-refractivity contribution in [2.75, 3.05) is 65.3 Å². The summed E-state index contributed by atoms with van der Waals surface area (Å²) < 4.78 is 16.1. The Morgan fingerprint density at radius 2 is 1.88 bits per heavy atom. The highest BCUT2D eigenvalue weighted by atomic mass is 32.2. The van der Waals surface area contributed by atoms with Crippen LogP contribution in [0.2, 0.25) is 0 Å². The predicted molar refractivity (Wildman–Crippen MR) is 106 cm³/mol. The summed E-state index contributed by atoms with van der Waals surface area (Å²) in [6, 6.07) is 3.56. The lowest BCUT2D eigenvalue weighted by Crippen LogP contribution is -2.48. The fourth-order valence-corrected chi connectivity index (χ4v) is 4.07. The maximum Gasteiger partial charge on any atom is 0.322 e. The van der Waals surface area contributed by atoms with Crippen molar-refractivity contribution in [1.29, 1.82) is 0 Å². The van der Waals surface area contributed by atoms with E-state index in [0.717, 1.165) is 31.0 Å². The number of methoxy groups -OCH3 is 3. The van der Waals surface area contributed by atoms with Crippen LogP contribution in [-0.2, 0) is 0 Å². The molecule has 1 N–H and O–H groups in total. The van der Waals surface area contributed by atoms with Gasteiger partial charge in [0.1, 0.15) is 0 Å². The molecule has 26 heavy (non-hydrogen) atoms. The summed E-state index contributed by atoms with van der Waals surface area (Å²) in [6.45, 7) is 1.59. The number of ether oxygens (including phenoxy) is 3. The van der Waals surface area contributed by atoms with Crippen LogP contribution in [0.3, 0.4) is 0 Å². The Labute approximate surface area is 159 Å². The number of carbonyl (C=O) groups excluding carboxylic acids is 1. The van der Waals surface area contributed by atoms with Crippen LogP contribution in [0.5, 0.6) is 17.2 Å². The second kappa shape index (κ2) is 9.78. The number of thioether (sulfide) groups is 1. The van der Waals surface area contributed by atoms with Crippen LogP contribution in [-0.4, -0.2) is 81.9 Å². The molecule has 0 spiro atoms. The van der Waals surface area contributed by atoms with Gasteiger partial charge in [0.2, 0.25) is 5.75 Å². The molecule has 7 nitrogen and oxygen atoms in total. The molecule has 1 fully saturated rings. The second-order valence-corrected chi connectivity index (χ2v) is 7.53. The maximum absolute atomic E-state index is 12.9. The first-order chi connectivity index (χ1) is 12.5. The van der Waals surface area contributed by atoms with E-state index in [2.05, 4.69) is 10.2 Å². The molecular formula is C18H29N3O4S. The molecule has 0 aliphatic carbocycles. The number of rotatable bonds is 6. The first-order valence-corrected chi connectivity index (χ1v) is 9.75. The average molecular weight is 384 g/mol. The molecule has 146 valence electrons. The average Bonchev–Trinajstić information content (AvgIpc) is 2.85. The van der Waals surface area contributed by atoms with Gasteiger partial charge in [-0.2, -0.15) is 11.8 Å². The van der Waals surface area contributed by atoms with Gasteiger partial charge in [0.05, 0.1) is 33.1 Å². The molecule has 1 saturated heterocycles. The third-order valence-corrected chi connectivity index (χ3v) is 5.39. The molecule has 2 rings (SSSR count). The Kier molecular flexibility index (Phi) is 7.71. The van der Waals surface area contributed by atoms with E-state index in [1.807, 2.05) is 30.8 Å². The van der Waals surface area contributed by atoms with Gasteiger partial charge >= 0.3 is 6.03 Å². The van der Waals surface area contributed by atoms with Crippen LogP contribution in [0.25, 0.3) is 0 Å². The van der Waals surface area contributed by atoms with Crippen LogP contribution >= 0.6 is 11.8 Å². The van der Waals surface area contributed by atoms with E-state index in [9.17, 15) is 4.79 Å². The second-order valence-electron chi connectivity index (χ2n) is 6.38. The summed E-state index contributed by atoms with van der Waals surface area (Å²) >= 11 is 1.91. The molecular weight excluding hydrogens is 354 g/mol. The third-order valence-electron chi connectivity index (χ3n) is 4.19. The van der Waals surface area contributed by atoms with Crippen molar-refractivity contribution in [2.45, 2.75) is 12.5 Å². The Balaban J connectivity index is 2.21. The number of hydrogen-bond donors (Lipinski definition) is 1. The van der Waals surface area contributed by atoms with Gasteiger partial charge in [-0.15, -0.1) is 0 Å². The quantitative estimate of drug-likeness (QED) is 0.815. The zero-order valence-corrected chi connectivity index (χ0v) is 17.0. The summed E-state index contributed by atoms with van der Waals surface area (Å²) in [5, 5.41) is 2.99. The molecule has 1 aromatic rings. The third kappa shape index (κ3) is 5.11. The number of nitrogens with zero attached hydrogens (tertiary/aromatic N) is 2. The van der Waals surface area contributed by atoms with Crippen molar-refractivity contribution in [1.82, 2.24) is 9.80 Å². The van der Waals surface area contributed by atoms with Crippen molar-refractivity contribution in [3.05, 3.63) is 12.1 Å². The molecule has 2 amide bonds. The van der Waals surface area contributed by atoms with Gasteiger partial charge < -0.3 is 29.3 Å². The van der Waals surface area contributed by atoms with Crippen LogP contribution in [0.4, 0.5) is 10.5 Å². The lowest BCUT2D eigenvalue weighted by molar-refractivity contribution is 0.180. The number of urea groups is 1. The lowest BCUT2D eigenvalue weighted by Gasteiger charge is -2.31. The highest BCUT2D eigenvalue weighted by Gasteiger charge is 2.26. The minimum absolute atomic E-state index is 0.103. The molecule has 1 heterocycles. The monoisotopic (exact) mass is 383 g/mol. The smallest absolute Gasteiger partial charge is 0.322 e. The van der Waals surface area contributed by atoms with Crippen LogP contribution in [0.1, 0.15) is 6.42 Å². The molecule has 1 aromatic carbocycles. The molecule has 8 heteroatoms. The number of carbonyl (C=O) groups is 1. The SMILES string of the molecule is COc1cc(NC(=O)N2CCCSCC2CN(C)C)cc(OC)c1OC. The largest absolute Gasteiger partial charge is 0.493 e. The van der Waals surface area contributed by atoms with E-state index in [0.29, 0.717) is 22.9 Å². The van der Waals surface area contributed by atoms with Crippen molar-refractivity contribution in [2.24, 2.45) is 0 Å². The Morgan fingerprint density at radius 3 is 2.42 bits per heavy atom. The van der Waals surface area contributed by atoms with Gasteiger partial charge in [0.25, 0.3) is 0 Å². The van der Waals surface area contributed by atoms with Crippen molar-refractivity contribution >= 4 is 23.5 Å². The molecule has 0 bridgehead atoms. The van der Waals surface area contributed by atoms with Crippen molar-refractivity contribution in [3.8, 4) is 17.2 Å². The van der Waals surface area contributed by atoms with E-state index in [4.69, 9.17) is 14.2 Å². The van der Waals surface area contributed by atoms with Crippen molar-refractivity contribution < 1.29 is 19.0 Å². The van der Waals surface area contributed by atoms with Gasteiger partial charge in [-0.3, -0.25) is 0 Å². The first-order valence-electron chi connectivity index (χ1n) is 8.60. The molecule has 0 radical (unpaired) electrons. The maximum atomic E-state index is 12.9. The molecule has 1 atom stereocenters. The van der Waals surface area contributed by atoms with Crippen molar-refractivity contribution in [3.63, 3.8) is 0 Å². The van der Waals surface area contributed by atoms with Gasteiger partial charge in [-0.1, -0.05) is 0 Å². The molecule has 1 aliphatic heterocycles. The Hall–Kier alpha value is -1.80. The Bertz CT molecular complexity index is 587. The summed E-state index contributed by atoms with van der Waals surface area (Å²) in [7, 11) is 8.74. The van der Waals surface area contributed by atoms with Crippen LogP contribution < -0.4 is 19.5 Å². The lowest BCUT2D eigenvalue weighted by atomic mass is 10.2. The van der Waals surface area contributed by atoms with Crippen LogP contribution in [0, 0.1) is 0 Å². The highest BCUT2D eigenvalue weighted by molar-refractivity contribution is 7.99. The molecule has 1 unspecified atom stereocenters. The van der Waals surface area contributed by atoms with E-state index in [1.54, 1.807) is 33.5 Å². The standard InChI is InChI=1S/C18H29N3O4S/c1-20(2)11-14-12-26-8-6-7-21(14)18(22)19-13-9-15(23-3)17(25-5)16(10-13)24-4/h9-10,14H,6-8,11-12H2,1-5H3,(H,19,22). The fourth-order valence-electron chi connectivity index (χ4n) is 3.02. The van der Waals surface area contributed by atoms with E-state index < -0.39 is 0 Å². The van der Waals surface area contributed by atoms with E-state index in [-0.39, 0.29) is 12.1 Å². The minimum Gasteiger partial charge on any atom is -0.493 e. The number of nitrogens with one attached hydrogen (secondary N) is 1. The summed E-state index contributed by atoms with van der Waals surface area (Å²) in [5.41, 5.74) is 0.616. The number of amides is 2. The minimum atomic E-state index is -0.103. The Morgan fingerprint density at radius 1 is 1.23 bits per heavy atom. The zero-order chi connectivity index (χ0) is 19.1. The molecule has 1 aliphatic rings. The summed E-state index contributed by atoms with van der Waals surface area (Å²) in [4.78, 5) is 17.0. The van der Waals surface area contributed by atoms with E-state index in [1.165, 1.54) is 0 Å². The van der Waals surface area contributed by atoms with Gasteiger partial charge in [0, 0.05) is 31.0 Å². The van der Waals surface area contributed by atoms with Gasteiger partial charge in [-0.25, -0.2) is 4.79 Å². The molecule has 0 saturated carbocycles. The van der Waals surface area contributed by atoms with Gasteiger partial charge in [-0.05, 0) is 26.3 Å². The summed E-state index contributed by atoms with van der Waals surface area (Å²) in [5.74, 6) is 3.56. The normalized spacial score (nSPS) is 17.6. The zero-order valence-electron chi connectivity index (χ0n) is 16.2. The van der Waals surface area contributed by atoms with E-state index >= 15 is 0 Å². The number of hydrogen-bond acceptors (Lipinski definition) is 6. The number of likely N-dealkylation sites (N-methyl/N-ethyl adjacent to an activating group) is 1.